The van der Waals surface area contributed by atoms with Crippen molar-refractivity contribution in [1.29, 1.82) is 0 Å². The van der Waals surface area contributed by atoms with Crippen LogP contribution in [0.15, 0.2) is 30.3 Å². The number of carbonyl (C=O) groups is 3. The van der Waals surface area contributed by atoms with Gasteiger partial charge in [0.05, 0.1) is 17.5 Å². The smallest absolute Gasteiger partial charge is 0.326 e. The maximum atomic E-state index is 12.8. The second-order valence-corrected chi connectivity index (χ2v) is 8.68. The molecule has 1 saturated heterocycles. The van der Waals surface area contributed by atoms with Crippen molar-refractivity contribution in [3.8, 4) is 0 Å². The van der Waals surface area contributed by atoms with E-state index in [2.05, 4.69) is 0 Å². The summed E-state index contributed by atoms with van der Waals surface area (Å²) in [4.78, 5) is 37.1. The highest BCUT2D eigenvalue weighted by atomic mass is 32.2. The predicted octanol–water partition coefficient (Wildman–Crippen LogP) is 2.36. The van der Waals surface area contributed by atoms with E-state index < -0.39 is 16.8 Å². The molecular weight excluding hydrogens is 354 g/mol. The Labute approximate surface area is 157 Å². The molecule has 2 atom stereocenters. The maximum Gasteiger partial charge on any atom is 0.326 e. The Morgan fingerprint density at radius 2 is 1.92 bits per heavy atom. The summed E-state index contributed by atoms with van der Waals surface area (Å²) < 4.78 is 4.83. The van der Waals surface area contributed by atoms with Gasteiger partial charge in [-0.1, -0.05) is 42.1 Å². The molecule has 26 heavy (non-hydrogen) atoms. The first-order chi connectivity index (χ1) is 12.2. The van der Waals surface area contributed by atoms with Crippen molar-refractivity contribution in [2.75, 3.05) is 13.2 Å². The number of rotatable bonds is 7. The zero-order valence-corrected chi connectivity index (χ0v) is 16.1. The number of likely N-dealkylation sites (tertiary alicyclic amines) is 1. The van der Waals surface area contributed by atoms with Crippen molar-refractivity contribution in [2.45, 2.75) is 50.5 Å². The standard InChI is InChI=1S/C19H25NO5S/c1-13(21)26-19(2,3)18(24)20-12-15(11-16(20)17(22)23)25-10-9-14-7-5-4-6-8-14/h4-8,15-16H,9-12H2,1-3H3,(H,22,23)/t15-,16+/m1/s1. The van der Waals surface area contributed by atoms with Crippen LogP contribution in [0.5, 0.6) is 0 Å². The zero-order chi connectivity index (χ0) is 19.3. The predicted molar refractivity (Wildman–Crippen MR) is 100.0 cm³/mol. The Morgan fingerprint density at radius 3 is 2.50 bits per heavy atom. The molecule has 1 fully saturated rings. The monoisotopic (exact) mass is 379 g/mol. The lowest BCUT2D eigenvalue weighted by Gasteiger charge is -2.30. The molecule has 0 spiro atoms. The molecule has 2 rings (SSSR count). The van der Waals surface area contributed by atoms with Crippen LogP contribution in [0.3, 0.4) is 0 Å². The van der Waals surface area contributed by atoms with Crippen molar-refractivity contribution in [3.05, 3.63) is 35.9 Å². The van der Waals surface area contributed by atoms with Gasteiger partial charge in [-0.25, -0.2) is 4.79 Å². The molecular formula is C19H25NO5S. The molecule has 0 aromatic heterocycles. The van der Waals surface area contributed by atoms with Gasteiger partial charge in [-0.15, -0.1) is 0 Å². The Bertz CT molecular complexity index is 661. The van der Waals surface area contributed by atoms with E-state index in [1.807, 2.05) is 30.3 Å². The van der Waals surface area contributed by atoms with Gasteiger partial charge in [0.25, 0.3) is 0 Å². The minimum atomic E-state index is -1.05. The highest BCUT2D eigenvalue weighted by molar-refractivity contribution is 8.15. The van der Waals surface area contributed by atoms with E-state index in [1.54, 1.807) is 13.8 Å². The zero-order valence-electron chi connectivity index (χ0n) is 15.3. The largest absolute Gasteiger partial charge is 0.480 e. The third-order valence-electron chi connectivity index (χ3n) is 4.31. The van der Waals surface area contributed by atoms with Crippen molar-refractivity contribution < 1.29 is 24.2 Å². The van der Waals surface area contributed by atoms with Crippen LogP contribution < -0.4 is 0 Å². The van der Waals surface area contributed by atoms with E-state index in [1.165, 1.54) is 11.8 Å². The highest BCUT2D eigenvalue weighted by Crippen LogP contribution is 2.31. The number of carbonyl (C=O) groups excluding carboxylic acids is 2. The molecule has 1 aliphatic rings. The van der Waals surface area contributed by atoms with Crippen molar-refractivity contribution in [1.82, 2.24) is 4.90 Å². The average molecular weight is 379 g/mol. The molecule has 0 saturated carbocycles. The van der Waals surface area contributed by atoms with Gasteiger partial charge in [0.1, 0.15) is 6.04 Å². The van der Waals surface area contributed by atoms with Gasteiger partial charge in [-0.2, -0.15) is 0 Å². The normalized spacial score (nSPS) is 20.2. The van der Waals surface area contributed by atoms with Gasteiger partial charge in [0.15, 0.2) is 5.12 Å². The van der Waals surface area contributed by atoms with Crippen LogP contribution in [0.1, 0.15) is 32.8 Å². The van der Waals surface area contributed by atoms with Crippen LogP contribution in [-0.4, -0.2) is 57.0 Å². The maximum absolute atomic E-state index is 12.8. The highest BCUT2D eigenvalue weighted by Gasteiger charge is 2.45. The number of aliphatic carboxylic acids is 1. The quantitative estimate of drug-likeness (QED) is 0.783. The first kappa shape index (κ1) is 20.5. The summed E-state index contributed by atoms with van der Waals surface area (Å²) in [6.45, 7) is 5.38. The first-order valence-corrected chi connectivity index (χ1v) is 9.41. The second-order valence-electron chi connectivity index (χ2n) is 6.88. The lowest BCUT2D eigenvalue weighted by Crippen LogP contribution is -2.48. The van der Waals surface area contributed by atoms with E-state index in [-0.39, 0.29) is 30.1 Å². The van der Waals surface area contributed by atoms with Crippen LogP contribution in [0, 0.1) is 0 Å². The summed E-state index contributed by atoms with van der Waals surface area (Å²) >= 11 is 0.918. The molecule has 1 aromatic carbocycles. The fourth-order valence-electron chi connectivity index (χ4n) is 3.11. The molecule has 7 heteroatoms. The van der Waals surface area contributed by atoms with Crippen LogP contribution >= 0.6 is 11.8 Å². The third-order valence-corrected chi connectivity index (χ3v) is 5.28. The van der Waals surface area contributed by atoms with E-state index in [0.29, 0.717) is 6.61 Å². The molecule has 0 radical (unpaired) electrons. The van der Waals surface area contributed by atoms with Gasteiger partial charge in [-0.05, 0) is 25.8 Å². The van der Waals surface area contributed by atoms with E-state index >= 15 is 0 Å². The number of carboxylic acids is 1. The lowest BCUT2D eigenvalue weighted by atomic mass is 10.1. The van der Waals surface area contributed by atoms with E-state index in [0.717, 1.165) is 23.7 Å². The van der Waals surface area contributed by atoms with Gasteiger partial charge in [0.2, 0.25) is 5.91 Å². The molecule has 1 aliphatic heterocycles. The van der Waals surface area contributed by atoms with Gasteiger partial charge in [0, 0.05) is 19.9 Å². The van der Waals surface area contributed by atoms with Crippen LogP contribution in [0.25, 0.3) is 0 Å². The van der Waals surface area contributed by atoms with Crippen molar-refractivity contribution >= 4 is 28.8 Å². The number of amides is 1. The summed E-state index contributed by atoms with van der Waals surface area (Å²) in [6, 6.07) is 8.96. The van der Waals surface area contributed by atoms with Crippen LogP contribution in [-0.2, 0) is 25.5 Å². The molecule has 0 unspecified atom stereocenters. The fraction of sp³-hybridized carbons (Fsp3) is 0.526. The molecule has 1 heterocycles. The number of benzene rings is 1. The Balaban J connectivity index is 1.97. The summed E-state index contributed by atoms with van der Waals surface area (Å²) in [5.41, 5.74) is 1.15. The molecule has 0 bridgehead atoms. The SMILES string of the molecule is CC(=O)SC(C)(C)C(=O)N1C[C@H](OCCc2ccccc2)C[C@H]1C(=O)O. The average Bonchev–Trinajstić information content (AvgIpc) is 2.98. The minimum absolute atomic E-state index is 0.176. The van der Waals surface area contributed by atoms with Crippen LogP contribution in [0.4, 0.5) is 0 Å². The van der Waals surface area contributed by atoms with Gasteiger partial charge >= 0.3 is 5.97 Å². The summed E-state index contributed by atoms with van der Waals surface area (Å²) in [7, 11) is 0. The minimum Gasteiger partial charge on any atom is -0.480 e. The first-order valence-electron chi connectivity index (χ1n) is 8.59. The fourth-order valence-corrected chi connectivity index (χ4v) is 4.04. The summed E-state index contributed by atoms with van der Waals surface area (Å²) in [6.07, 6.45) is 0.674. The van der Waals surface area contributed by atoms with Crippen molar-refractivity contribution in [2.24, 2.45) is 0 Å². The van der Waals surface area contributed by atoms with Gasteiger partial charge in [-0.3, -0.25) is 9.59 Å². The molecule has 1 amide bonds. The number of thioether (sulfide) groups is 1. The summed E-state index contributed by atoms with van der Waals surface area (Å²) in [5.74, 6) is -1.39. The van der Waals surface area contributed by atoms with Crippen molar-refractivity contribution in [3.63, 3.8) is 0 Å². The Morgan fingerprint density at radius 1 is 1.27 bits per heavy atom. The number of hydrogen-bond donors (Lipinski definition) is 1. The molecule has 1 aromatic rings. The molecule has 142 valence electrons. The second kappa shape index (κ2) is 8.68. The topological polar surface area (TPSA) is 83.9 Å². The molecule has 6 nitrogen and oxygen atoms in total. The third kappa shape index (κ3) is 5.32. The number of nitrogens with zero attached hydrogens (tertiary/aromatic N) is 1. The molecule has 1 N–H and O–H groups in total. The summed E-state index contributed by atoms with van der Waals surface area (Å²) in [5, 5.41) is 9.30. The number of ether oxygens (including phenoxy) is 1. The number of carboxylic acid groups (broad SMARTS) is 1. The van der Waals surface area contributed by atoms with E-state index in [4.69, 9.17) is 4.74 Å². The number of hydrogen-bond acceptors (Lipinski definition) is 5. The Hall–Kier alpha value is -1.86. The Kier molecular flexibility index (Phi) is 6.83. The van der Waals surface area contributed by atoms with Gasteiger partial charge < -0.3 is 14.7 Å². The van der Waals surface area contributed by atoms with E-state index in [9.17, 15) is 19.5 Å². The van der Waals surface area contributed by atoms with Crippen LogP contribution in [0.2, 0.25) is 0 Å². The lowest BCUT2D eigenvalue weighted by molar-refractivity contribution is -0.148. The molecule has 0 aliphatic carbocycles.